The Morgan fingerprint density at radius 3 is 2.12 bits per heavy atom. The van der Waals surface area contributed by atoms with E-state index >= 15 is 0 Å². The van der Waals surface area contributed by atoms with Gasteiger partial charge in [0.2, 0.25) is 0 Å². The van der Waals surface area contributed by atoms with Gasteiger partial charge in [0.15, 0.2) is 0 Å². The molecule has 138 valence electrons. The second-order valence-corrected chi connectivity index (χ2v) is 6.56. The molecule has 0 aliphatic heterocycles. The van der Waals surface area contributed by atoms with Crippen LogP contribution < -0.4 is 0 Å². The number of amides is 1. The molecule has 0 fully saturated rings. The van der Waals surface area contributed by atoms with Crippen molar-refractivity contribution in [3.05, 3.63) is 35.4 Å². The maximum absolute atomic E-state index is 12.9. The largest absolute Gasteiger partial charge is 0.481 e. The first-order valence-corrected chi connectivity index (χ1v) is 9.36. The molecule has 0 saturated carbocycles. The van der Waals surface area contributed by atoms with Crippen LogP contribution in [0.3, 0.4) is 0 Å². The lowest BCUT2D eigenvalue weighted by molar-refractivity contribution is -0.151. The van der Waals surface area contributed by atoms with E-state index in [9.17, 15) is 19.5 Å². The number of rotatable bonds is 10. The van der Waals surface area contributed by atoms with Crippen LogP contribution in [-0.4, -0.2) is 50.4 Å². The van der Waals surface area contributed by atoms with Gasteiger partial charge in [0.05, 0.1) is 0 Å². The van der Waals surface area contributed by atoms with Gasteiger partial charge in [-0.3, -0.25) is 9.59 Å². The molecule has 1 atom stereocenters. The van der Waals surface area contributed by atoms with Crippen molar-refractivity contribution >= 4 is 33.8 Å². The first-order chi connectivity index (χ1) is 11.8. The number of alkyl halides is 1. The molecule has 0 aliphatic carbocycles. The fourth-order valence-corrected chi connectivity index (χ4v) is 3.37. The molecule has 1 aromatic rings. The SMILES string of the molecule is CCN(C(=O)c1ccc(CCBr)cc1)[C@@](CC)(CCC(=O)O)C(=O)O. The molecule has 1 rings (SSSR count). The van der Waals surface area contributed by atoms with E-state index in [1.165, 1.54) is 4.90 Å². The lowest BCUT2D eigenvalue weighted by Gasteiger charge is -2.39. The average molecular weight is 414 g/mol. The number of aliphatic carboxylic acids is 2. The maximum Gasteiger partial charge on any atom is 0.329 e. The van der Waals surface area contributed by atoms with Crippen LogP contribution in [0.15, 0.2) is 24.3 Å². The van der Waals surface area contributed by atoms with E-state index in [0.29, 0.717) is 5.56 Å². The smallest absolute Gasteiger partial charge is 0.329 e. The fourth-order valence-electron chi connectivity index (χ4n) is 2.91. The average Bonchev–Trinajstić information content (AvgIpc) is 2.58. The Morgan fingerprint density at radius 1 is 1.12 bits per heavy atom. The molecule has 0 heterocycles. The molecule has 0 unspecified atom stereocenters. The number of carbonyl (C=O) groups excluding carboxylic acids is 1. The minimum atomic E-state index is -1.53. The molecule has 0 aliphatic rings. The van der Waals surface area contributed by atoms with E-state index < -0.39 is 23.4 Å². The number of benzene rings is 1. The standard InChI is InChI=1S/C18H24BrNO5/c1-3-18(17(24)25,11-9-15(21)22)20(4-2)16(23)14-7-5-13(6-8-14)10-12-19/h5-8H,3-4,9-12H2,1-2H3,(H,21,22)(H,24,25)/t18-/m0/s1. The molecule has 6 nitrogen and oxygen atoms in total. The highest BCUT2D eigenvalue weighted by atomic mass is 79.9. The molecular weight excluding hydrogens is 390 g/mol. The van der Waals surface area contributed by atoms with Crippen molar-refractivity contribution in [2.24, 2.45) is 0 Å². The highest BCUT2D eigenvalue weighted by molar-refractivity contribution is 9.09. The minimum Gasteiger partial charge on any atom is -0.481 e. The van der Waals surface area contributed by atoms with Gasteiger partial charge in [0.25, 0.3) is 5.91 Å². The molecule has 7 heteroatoms. The number of hydrogen-bond acceptors (Lipinski definition) is 3. The molecule has 0 bridgehead atoms. The van der Waals surface area contributed by atoms with E-state index in [-0.39, 0.29) is 25.8 Å². The molecule has 1 amide bonds. The first kappa shape index (κ1) is 21.2. The van der Waals surface area contributed by atoms with Crippen molar-refractivity contribution in [3.63, 3.8) is 0 Å². The van der Waals surface area contributed by atoms with Gasteiger partial charge in [0.1, 0.15) is 5.54 Å². The third kappa shape index (κ3) is 5.04. The van der Waals surface area contributed by atoms with Gasteiger partial charge in [0, 0.05) is 23.9 Å². The Labute approximate surface area is 156 Å². The third-order valence-corrected chi connectivity index (χ3v) is 4.79. The Balaban J connectivity index is 3.18. The van der Waals surface area contributed by atoms with Crippen molar-refractivity contribution < 1.29 is 24.6 Å². The Morgan fingerprint density at radius 2 is 1.72 bits per heavy atom. The molecule has 0 aromatic heterocycles. The lowest BCUT2D eigenvalue weighted by Crippen LogP contribution is -2.57. The van der Waals surface area contributed by atoms with E-state index in [0.717, 1.165) is 17.3 Å². The van der Waals surface area contributed by atoms with Crippen molar-refractivity contribution in [1.29, 1.82) is 0 Å². The van der Waals surface area contributed by atoms with Crippen LogP contribution in [0.2, 0.25) is 0 Å². The van der Waals surface area contributed by atoms with Crippen LogP contribution in [0.5, 0.6) is 0 Å². The second-order valence-electron chi connectivity index (χ2n) is 5.77. The van der Waals surface area contributed by atoms with Crippen molar-refractivity contribution in [3.8, 4) is 0 Å². The first-order valence-electron chi connectivity index (χ1n) is 8.24. The van der Waals surface area contributed by atoms with E-state index in [1.807, 2.05) is 12.1 Å². The molecule has 0 spiro atoms. The van der Waals surface area contributed by atoms with E-state index in [2.05, 4.69) is 15.9 Å². The Bertz CT molecular complexity index is 616. The highest BCUT2D eigenvalue weighted by Gasteiger charge is 2.44. The summed E-state index contributed by atoms with van der Waals surface area (Å²) in [6, 6.07) is 7.05. The van der Waals surface area contributed by atoms with Gasteiger partial charge in [-0.25, -0.2) is 4.79 Å². The summed E-state index contributed by atoms with van der Waals surface area (Å²) in [4.78, 5) is 37.1. The van der Waals surface area contributed by atoms with Crippen molar-refractivity contribution in [1.82, 2.24) is 4.90 Å². The van der Waals surface area contributed by atoms with Gasteiger partial charge < -0.3 is 15.1 Å². The normalized spacial score (nSPS) is 13.1. The molecule has 0 radical (unpaired) electrons. The molecular formula is C18H24BrNO5. The van der Waals surface area contributed by atoms with Crippen LogP contribution in [0, 0.1) is 0 Å². The van der Waals surface area contributed by atoms with Gasteiger partial charge in [-0.15, -0.1) is 0 Å². The number of aryl methyl sites for hydroxylation is 1. The summed E-state index contributed by atoms with van der Waals surface area (Å²) in [6.07, 6.45) is 0.527. The number of nitrogens with zero attached hydrogens (tertiary/aromatic N) is 1. The Kier molecular flexibility index (Phi) is 8.09. The molecule has 2 N–H and O–H groups in total. The number of carboxylic acid groups (broad SMARTS) is 2. The molecule has 0 saturated heterocycles. The maximum atomic E-state index is 12.9. The zero-order valence-corrected chi connectivity index (χ0v) is 16.1. The minimum absolute atomic E-state index is 0.130. The summed E-state index contributed by atoms with van der Waals surface area (Å²) in [5.74, 6) is -2.66. The lowest BCUT2D eigenvalue weighted by atomic mass is 9.87. The number of likely N-dealkylation sites (N-methyl/N-ethyl adjacent to an activating group) is 1. The zero-order chi connectivity index (χ0) is 19.0. The Hall–Kier alpha value is -1.89. The summed E-state index contributed by atoms with van der Waals surface area (Å²) in [6.45, 7) is 3.54. The van der Waals surface area contributed by atoms with Crippen LogP contribution in [0.1, 0.15) is 49.0 Å². The van der Waals surface area contributed by atoms with Crippen LogP contribution in [0.25, 0.3) is 0 Å². The fraction of sp³-hybridized carbons (Fsp3) is 0.500. The van der Waals surface area contributed by atoms with Gasteiger partial charge in [-0.1, -0.05) is 35.0 Å². The van der Waals surface area contributed by atoms with Gasteiger partial charge >= 0.3 is 11.9 Å². The molecule has 1 aromatic carbocycles. The predicted octanol–water partition coefficient (Wildman–Crippen LogP) is 3.18. The van der Waals surface area contributed by atoms with E-state index in [4.69, 9.17) is 5.11 Å². The summed E-state index contributed by atoms with van der Waals surface area (Å²) in [5.41, 5.74) is -0.0597. The number of hydrogen-bond donors (Lipinski definition) is 2. The molecule has 25 heavy (non-hydrogen) atoms. The van der Waals surface area contributed by atoms with E-state index in [1.54, 1.807) is 26.0 Å². The van der Waals surface area contributed by atoms with Crippen molar-refractivity contribution in [2.45, 2.75) is 45.1 Å². The van der Waals surface area contributed by atoms with Crippen LogP contribution >= 0.6 is 15.9 Å². The van der Waals surface area contributed by atoms with Gasteiger partial charge in [-0.05, 0) is 43.9 Å². The summed E-state index contributed by atoms with van der Waals surface area (Å²) >= 11 is 3.36. The number of halogens is 1. The monoisotopic (exact) mass is 413 g/mol. The van der Waals surface area contributed by atoms with Crippen molar-refractivity contribution in [2.75, 3.05) is 11.9 Å². The number of carbonyl (C=O) groups is 3. The summed E-state index contributed by atoms with van der Waals surface area (Å²) in [5, 5.41) is 19.5. The summed E-state index contributed by atoms with van der Waals surface area (Å²) in [7, 11) is 0. The topological polar surface area (TPSA) is 94.9 Å². The quantitative estimate of drug-likeness (QED) is 0.574. The predicted molar refractivity (Wildman–Crippen MR) is 98.2 cm³/mol. The zero-order valence-electron chi connectivity index (χ0n) is 14.5. The highest BCUT2D eigenvalue weighted by Crippen LogP contribution is 2.28. The summed E-state index contributed by atoms with van der Waals surface area (Å²) < 4.78 is 0. The van der Waals surface area contributed by atoms with Gasteiger partial charge in [-0.2, -0.15) is 0 Å². The van der Waals surface area contributed by atoms with Crippen LogP contribution in [-0.2, 0) is 16.0 Å². The number of carboxylic acids is 2. The van der Waals surface area contributed by atoms with Crippen LogP contribution in [0.4, 0.5) is 0 Å². The third-order valence-electron chi connectivity index (χ3n) is 4.40. The second kappa shape index (κ2) is 9.56.